The number of hydrogen-bond donors (Lipinski definition) is 0. The highest BCUT2D eigenvalue weighted by Gasteiger charge is 2.23. The van der Waals surface area contributed by atoms with E-state index < -0.39 is 0 Å². The molecule has 0 unspecified atom stereocenters. The number of nitrogens with zero attached hydrogens (tertiary/aromatic N) is 3. The van der Waals surface area contributed by atoms with Crippen LogP contribution in [0, 0.1) is 41.5 Å². The van der Waals surface area contributed by atoms with Gasteiger partial charge in [-0.2, -0.15) is 0 Å². The molecule has 0 amide bonds. The normalized spacial score (nSPS) is 12.1. The van der Waals surface area contributed by atoms with Crippen LogP contribution >= 0.6 is 0 Å². The first kappa shape index (κ1) is 42.5. The molecule has 0 N–H and O–H groups in total. The number of hydrogen-bond acceptors (Lipinski definition) is 2. The minimum Gasteiger partial charge on any atom is -0.310 e. The van der Waals surface area contributed by atoms with Crippen LogP contribution in [0.25, 0.3) is 70.8 Å². The topological polar surface area (TPSA) is 10.9 Å². The average Bonchev–Trinajstić information content (AvgIpc) is 3.83. The summed E-state index contributed by atoms with van der Waals surface area (Å²) in [7, 11) is 0. The minimum atomic E-state index is 0.0802. The van der Waals surface area contributed by atoms with Crippen molar-refractivity contribution < 1.29 is 0 Å². The van der Waals surface area contributed by atoms with Gasteiger partial charge in [0.1, 0.15) is 0 Å². The predicted octanol–water partition coefficient (Wildman–Crippen LogP) is 18.9. The van der Waals surface area contributed by atoms with Crippen molar-refractivity contribution in [2.45, 2.75) is 67.7 Å². The van der Waals surface area contributed by atoms with E-state index in [1.54, 1.807) is 0 Å². The summed E-state index contributed by atoms with van der Waals surface area (Å²) in [5.41, 5.74) is 22.0. The number of benzene rings is 10. The van der Waals surface area contributed by atoms with Gasteiger partial charge >= 0.3 is 0 Å². The fourth-order valence-corrected chi connectivity index (χ4v) is 10.8. The molecule has 0 aliphatic heterocycles. The molecule has 0 bridgehead atoms. The van der Waals surface area contributed by atoms with Gasteiger partial charge in [-0.05, 0) is 205 Å². The zero-order chi connectivity index (χ0) is 47.5. The Hall–Kier alpha value is -7.88. The van der Waals surface area contributed by atoms with Crippen molar-refractivity contribution in [3.8, 4) is 11.1 Å². The van der Waals surface area contributed by atoms with Gasteiger partial charge in [0.15, 0.2) is 0 Å². The van der Waals surface area contributed by atoms with E-state index in [1.165, 1.54) is 121 Å². The molecule has 336 valence electrons. The third-order valence-corrected chi connectivity index (χ3v) is 14.7. The highest BCUT2D eigenvalue weighted by Crippen LogP contribution is 2.46. The van der Waals surface area contributed by atoms with Crippen LogP contribution in [0.15, 0.2) is 182 Å². The van der Waals surface area contributed by atoms with Crippen LogP contribution in [0.3, 0.4) is 0 Å². The van der Waals surface area contributed by atoms with Gasteiger partial charge in [0.25, 0.3) is 0 Å². The number of aromatic nitrogens is 1. The van der Waals surface area contributed by atoms with Crippen LogP contribution in [-0.2, 0) is 5.41 Å². The zero-order valence-electron chi connectivity index (χ0n) is 41.2. The van der Waals surface area contributed by atoms with E-state index in [9.17, 15) is 0 Å². The van der Waals surface area contributed by atoms with Crippen LogP contribution in [0.2, 0.25) is 0 Å². The Morgan fingerprint density at radius 2 is 0.754 bits per heavy atom. The second-order valence-electron chi connectivity index (χ2n) is 20.8. The molecule has 0 saturated heterocycles. The summed E-state index contributed by atoms with van der Waals surface area (Å²) >= 11 is 0. The van der Waals surface area contributed by atoms with Crippen LogP contribution < -0.4 is 9.80 Å². The van der Waals surface area contributed by atoms with Crippen molar-refractivity contribution in [1.82, 2.24) is 4.40 Å². The minimum absolute atomic E-state index is 0.0802. The first-order valence-corrected chi connectivity index (χ1v) is 24.4. The summed E-state index contributed by atoms with van der Waals surface area (Å²) in [6.07, 6.45) is 0. The lowest BCUT2D eigenvalue weighted by molar-refractivity contribution is 0.590. The van der Waals surface area contributed by atoms with Gasteiger partial charge in [-0.3, -0.25) is 0 Å². The van der Waals surface area contributed by atoms with E-state index in [2.05, 4.69) is 259 Å². The number of rotatable bonds is 7. The van der Waals surface area contributed by atoms with Crippen molar-refractivity contribution in [3.63, 3.8) is 0 Å². The maximum Gasteiger partial charge on any atom is 0.0620 e. The maximum absolute atomic E-state index is 2.56. The quantitative estimate of drug-likeness (QED) is 0.158. The largest absolute Gasteiger partial charge is 0.310 e. The fourth-order valence-electron chi connectivity index (χ4n) is 10.8. The van der Waals surface area contributed by atoms with Gasteiger partial charge in [0.2, 0.25) is 0 Å². The van der Waals surface area contributed by atoms with Crippen LogP contribution in [0.4, 0.5) is 34.1 Å². The zero-order valence-corrected chi connectivity index (χ0v) is 41.2. The molecule has 0 saturated carbocycles. The third-order valence-electron chi connectivity index (χ3n) is 14.7. The molecule has 12 rings (SSSR count). The molecule has 0 atom stereocenters. The van der Waals surface area contributed by atoms with Gasteiger partial charge in [0, 0.05) is 55.7 Å². The third kappa shape index (κ3) is 7.19. The molecule has 0 fully saturated rings. The predicted molar refractivity (Wildman–Crippen MR) is 298 cm³/mol. The smallest absolute Gasteiger partial charge is 0.0620 e. The Balaban J connectivity index is 1.11. The van der Waals surface area contributed by atoms with E-state index in [1.807, 2.05) is 0 Å². The van der Waals surface area contributed by atoms with Crippen LogP contribution in [-0.4, -0.2) is 4.40 Å². The molecule has 10 aromatic carbocycles. The van der Waals surface area contributed by atoms with Gasteiger partial charge in [-0.1, -0.05) is 117 Å². The van der Waals surface area contributed by atoms with E-state index in [4.69, 9.17) is 0 Å². The number of fused-ring (bicyclic) bond motifs is 8. The van der Waals surface area contributed by atoms with Crippen LogP contribution in [0.5, 0.6) is 0 Å². The SMILES string of the molecule is Cc1ccc(N(c2ccc3cc4c5cc(-c6ccc(C(C)(C)C)cc6)cc6c7cc8ccc(N(c9ccc(C)cc9)c9cc(C)ccc9C)cc8cc7n(c4cc3c2)c56)c2cc(C)ccc2C)cc1. The first-order valence-electron chi connectivity index (χ1n) is 24.4. The standard InChI is InChI=1S/C66H57N3/c1-40-12-24-53(25-13-40)67(61-30-42(3)10-16-44(61)5)55-28-20-47-34-57-59-36-51(46-18-22-52(23-19-46)66(7,8)9)37-60-58-35-48-21-29-56(33-50(48)39-64(58)69(65(59)60)63(57)38-49(47)32-55)68(54-26-14-41(2)15-27-54)62-31-43(4)11-17-45(62)6/h10-39H,1-9H3. The summed E-state index contributed by atoms with van der Waals surface area (Å²) in [5.74, 6) is 0. The summed E-state index contributed by atoms with van der Waals surface area (Å²) in [6.45, 7) is 20.0. The van der Waals surface area contributed by atoms with Gasteiger partial charge in [-0.15, -0.1) is 0 Å². The van der Waals surface area contributed by atoms with Crippen LogP contribution in [0.1, 0.15) is 59.7 Å². The summed E-state index contributed by atoms with van der Waals surface area (Å²) in [6, 6.07) is 69.2. The molecule has 0 spiro atoms. The molecular formula is C66H57N3. The highest BCUT2D eigenvalue weighted by atomic mass is 15.1. The summed E-state index contributed by atoms with van der Waals surface area (Å²) < 4.78 is 2.56. The molecule has 3 heteroatoms. The van der Waals surface area contributed by atoms with E-state index in [0.717, 1.165) is 22.7 Å². The summed E-state index contributed by atoms with van der Waals surface area (Å²) in [4.78, 5) is 4.84. The monoisotopic (exact) mass is 891 g/mol. The lowest BCUT2D eigenvalue weighted by atomic mass is 9.86. The Morgan fingerprint density at radius 3 is 1.19 bits per heavy atom. The molecule has 0 aliphatic rings. The van der Waals surface area contributed by atoms with Crippen molar-refractivity contribution in [3.05, 3.63) is 221 Å². The number of aryl methyl sites for hydroxylation is 6. The first-order chi connectivity index (χ1) is 33.2. The van der Waals surface area contributed by atoms with Gasteiger partial charge in [-0.25, -0.2) is 0 Å². The Labute approximate surface area is 405 Å². The van der Waals surface area contributed by atoms with Crippen molar-refractivity contribution >= 4 is 93.8 Å². The van der Waals surface area contributed by atoms with Crippen molar-refractivity contribution in [2.75, 3.05) is 9.80 Å². The Kier molecular flexibility index (Phi) is 9.76. The Bertz CT molecular complexity index is 3750. The maximum atomic E-state index is 2.56. The molecule has 3 nitrogen and oxygen atoms in total. The average molecular weight is 892 g/mol. The Morgan fingerprint density at radius 1 is 0.333 bits per heavy atom. The lowest BCUT2D eigenvalue weighted by Crippen LogP contribution is -2.11. The summed E-state index contributed by atoms with van der Waals surface area (Å²) in [5, 5.41) is 9.96. The highest BCUT2D eigenvalue weighted by molar-refractivity contribution is 6.27. The van der Waals surface area contributed by atoms with E-state index in [-0.39, 0.29) is 5.41 Å². The molecule has 0 aliphatic carbocycles. The molecular weight excluding hydrogens is 835 g/mol. The second kappa shape index (κ2) is 15.9. The fraction of sp³-hybridized carbons (Fsp3) is 0.152. The second-order valence-corrected chi connectivity index (χ2v) is 20.8. The van der Waals surface area contributed by atoms with Gasteiger partial charge in [0.05, 0.1) is 16.6 Å². The molecule has 0 radical (unpaired) electrons. The lowest BCUT2D eigenvalue weighted by Gasteiger charge is -2.28. The molecule has 2 heterocycles. The molecule has 12 aromatic rings. The molecule has 69 heavy (non-hydrogen) atoms. The van der Waals surface area contributed by atoms with Crippen molar-refractivity contribution in [2.24, 2.45) is 0 Å². The van der Waals surface area contributed by atoms with Crippen molar-refractivity contribution in [1.29, 1.82) is 0 Å². The number of anilines is 6. The van der Waals surface area contributed by atoms with Gasteiger partial charge < -0.3 is 14.2 Å². The van der Waals surface area contributed by atoms with E-state index in [0.29, 0.717) is 0 Å². The van der Waals surface area contributed by atoms with E-state index >= 15 is 0 Å². The molecule has 2 aromatic heterocycles.